The fourth-order valence-corrected chi connectivity index (χ4v) is 4.11. The van der Waals surface area contributed by atoms with Gasteiger partial charge in [-0.05, 0) is 48.9 Å². The third kappa shape index (κ3) is 3.75. The highest BCUT2D eigenvalue weighted by atomic mass is 19.1. The van der Waals surface area contributed by atoms with Crippen molar-refractivity contribution in [2.24, 2.45) is 5.92 Å². The van der Waals surface area contributed by atoms with E-state index >= 15 is 0 Å². The van der Waals surface area contributed by atoms with Gasteiger partial charge in [-0.3, -0.25) is 4.90 Å². The molecule has 3 rings (SSSR count). The molecule has 1 saturated carbocycles. The fraction of sp³-hybridized carbons (Fsp3) is 0.600. The van der Waals surface area contributed by atoms with Crippen LogP contribution < -0.4 is 5.32 Å². The van der Waals surface area contributed by atoms with Gasteiger partial charge in [0.2, 0.25) is 0 Å². The van der Waals surface area contributed by atoms with Crippen LogP contribution in [0, 0.1) is 18.7 Å². The topological polar surface area (TPSA) is 18.5 Å². The van der Waals surface area contributed by atoms with Crippen molar-refractivity contribution in [2.45, 2.75) is 39.2 Å². The molecule has 132 valence electrons. The second kappa shape index (κ2) is 7.56. The van der Waals surface area contributed by atoms with Crippen LogP contribution in [0.1, 0.15) is 36.8 Å². The zero-order valence-corrected chi connectivity index (χ0v) is 15.1. The SMILES string of the molecule is C=C(C1CCCC1)N1CCN(Cc2cc(F)cc(NC)c2C)CC1. The van der Waals surface area contributed by atoms with Crippen molar-refractivity contribution >= 4 is 5.69 Å². The predicted molar refractivity (Wildman–Crippen MR) is 98.6 cm³/mol. The Bertz CT molecular complexity index is 585. The Balaban J connectivity index is 1.57. The van der Waals surface area contributed by atoms with Gasteiger partial charge in [-0.1, -0.05) is 19.4 Å². The Morgan fingerprint density at radius 2 is 1.88 bits per heavy atom. The van der Waals surface area contributed by atoms with Gasteiger partial charge in [0.15, 0.2) is 0 Å². The van der Waals surface area contributed by atoms with E-state index < -0.39 is 0 Å². The molecule has 0 aromatic heterocycles. The van der Waals surface area contributed by atoms with Gasteiger partial charge < -0.3 is 10.2 Å². The van der Waals surface area contributed by atoms with Crippen LogP contribution in [0.3, 0.4) is 0 Å². The van der Waals surface area contributed by atoms with E-state index in [2.05, 4.69) is 28.6 Å². The number of nitrogens with one attached hydrogen (secondary N) is 1. The number of anilines is 1. The first kappa shape index (κ1) is 17.3. The summed E-state index contributed by atoms with van der Waals surface area (Å²) in [7, 11) is 1.85. The molecule has 2 aliphatic rings. The first-order chi connectivity index (χ1) is 11.6. The van der Waals surface area contributed by atoms with Gasteiger partial charge >= 0.3 is 0 Å². The van der Waals surface area contributed by atoms with E-state index in [1.165, 1.54) is 31.4 Å². The molecule has 0 bridgehead atoms. The average Bonchev–Trinajstić information content (AvgIpc) is 3.12. The van der Waals surface area contributed by atoms with Gasteiger partial charge in [0.25, 0.3) is 0 Å². The van der Waals surface area contributed by atoms with E-state index in [0.717, 1.165) is 49.5 Å². The summed E-state index contributed by atoms with van der Waals surface area (Å²) in [5.74, 6) is 0.549. The van der Waals surface area contributed by atoms with Gasteiger partial charge in [0.1, 0.15) is 5.82 Å². The number of halogens is 1. The first-order valence-electron chi connectivity index (χ1n) is 9.21. The van der Waals surface area contributed by atoms with E-state index in [1.54, 1.807) is 12.1 Å². The van der Waals surface area contributed by atoms with Crippen LogP contribution in [0.25, 0.3) is 0 Å². The minimum Gasteiger partial charge on any atom is -0.388 e. The highest BCUT2D eigenvalue weighted by Crippen LogP contribution is 2.32. The standard InChI is InChI=1S/C20H30FN3/c1-15-18(12-19(21)13-20(15)22-3)14-23-8-10-24(11-9-23)16(2)17-6-4-5-7-17/h12-13,17,22H,2,4-11,14H2,1,3H3. The maximum Gasteiger partial charge on any atom is 0.125 e. The van der Waals surface area contributed by atoms with Gasteiger partial charge in [-0.25, -0.2) is 4.39 Å². The molecule has 0 unspecified atom stereocenters. The number of nitrogens with zero attached hydrogens (tertiary/aromatic N) is 2. The fourth-order valence-electron chi connectivity index (χ4n) is 4.11. The molecule has 24 heavy (non-hydrogen) atoms. The molecule has 0 amide bonds. The van der Waals surface area contributed by atoms with E-state index in [4.69, 9.17) is 0 Å². The number of rotatable bonds is 5. The summed E-state index contributed by atoms with van der Waals surface area (Å²) in [6.45, 7) is 11.4. The summed E-state index contributed by atoms with van der Waals surface area (Å²) in [4.78, 5) is 4.91. The van der Waals surface area contributed by atoms with E-state index in [0.29, 0.717) is 5.92 Å². The van der Waals surface area contributed by atoms with Crippen LogP contribution >= 0.6 is 0 Å². The lowest BCUT2D eigenvalue weighted by Gasteiger charge is -2.39. The number of hydrogen-bond acceptors (Lipinski definition) is 3. The summed E-state index contributed by atoms with van der Waals surface area (Å²) in [5.41, 5.74) is 4.48. The van der Waals surface area contributed by atoms with Crippen LogP contribution in [-0.2, 0) is 6.54 Å². The maximum atomic E-state index is 13.8. The lowest BCUT2D eigenvalue weighted by molar-refractivity contribution is 0.143. The Hall–Kier alpha value is -1.55. The minimum atomic E-state index is -0.159. The van der Waals surface area contributed by atoms with Crippen molar-refractivity contribution in [3.05, 3.63) is 41.4 Å². The number of benzene rings is 1. The van der Waals surface area contributed by atoms with Crippen LogP contribution in [0.15, 0.2) is 24.4 Å². The predicted octanol–water partition coefficient (Wildman–Crippen LogP) is 4.00. The summed E-state index contributed by atoms with van der Waals surface area (Å²) < 4.78 is 13.8. The van der Waals surface area contributed by atoms with Crippen molar-refractivity contribution in [3.63, 3.8) is 0 Å². The lowest BCUT2D eigenvalue weighted by Crippen LogP contribution is -2.46. The van der Waals surface area contributed by atoms with Crippen molar-refractivity contribution in [3.8, 4) is 0 Å². The third-order valence-electron chi connectivity index (χ3n) is 5.75. The van der Waals surface area contributed by atoms with Gasteiger partial charge in [-0.15, -0.1) is 0 Å². The van der Waals surface area contributed by atoms with Crippen molar-refractivity contribution in [1.82, 2.24) is 9.80 Å². The Morgan fingerprint density at radius 1 is 1.21 bits per heavy atom. The highest BCUT2D eigenvalue weighted by Gasteiger charge is 2.25. The Morgan fingerprint density at radius 3 is 2.50 bits per heavy atom. The number of piperazine rings is 1. The van der Waals surface area contributed by atoms with E-state index in [1.807, 2.05) is 7.05 Å². The van der Waals surface area contributed by atoms with E-state index in [-0.39, 0.29) is 5.82 Å². The summed E-state index contributed by atoms with van der Waals surface area (Å²) in [6.07, 6.45) is 5.34. The van der Waals surface area contributed by atoms with Crippen molar-refractivity contribution in [1.29, 1.82) is 0 Å². The minimum absolute atomic E-state index is 0.159. The monoisotopic (exact) mass is 331 g/mol. The lowest BCUT2D eigenvalue weighted by atomic mass is 10.0. The summed E-state index contributed by atoms with van der Waals surface area (Å²) >= 11 is 0. The number of hydrogen-bond donors (Lipinski definition) is 1. The smallest absolute Gasteiger partial charge is 0.125 e. The zero-order valence-electron chi connectivity index (χ0n) is 15.1. The van der Waals surface area contributed by atoms with Gasteiger partial charge in [0, 0.05) is 51.2 Å². The molecule has 3 nitrogen and oxygen atoms in total. The molecule has 1 aliphatic carbocycles. The highest BCUT2D eigenvalue weighted by molar-refractivity contribution is 5.54. The molecule has 4 heteroatoms. The molecule has 1 N–H and O–H groups in total. The molecule has 1 aromatic carbocycles. The first-order valence-corrected chi connectivity index (χ1v) is 9.21. The maximum absolute atomic E-state index is 13.8. The molecule has 0 spiro atoms. The van der Waals surface area contributed by atoms with Gasteiger partial charge in [-0.2, -0.15) is 0 Å². The largest absolute Gasteiger partial charge is 0.388 e. The number of allylic oxidation sites excluding steroid dienone is 1. The zero-order chi connectivity index (χ0) is 17.1. The second-order valence-corrected chi connectivity index (χ2v) is 7.22. The normalized spacial score (nSPS) is 19.7. The second-order valence-electron chi connectivity index (χ2n) is 7.22. The van der Waals surface area contributed by atoms with Gasteiger partial charge in [0.05, 0.1) is 0 Å². The Labute approximate surface area is 145 Å². The quantitative estimate of drug-likeness (QED) is 0.880. The molecule has 1 heterocycles. The van der Waals surface area contributed by atoms with Crippen LogP contribution in [0.5, 0.6) is 0 Å². The van der Waals surface area contributed by atoms with Crippen LogP contribution in [0.2, 0.25) is 0 Å². The van der Waals surface area contributed by atoms with Crippen molar-refractivity contribution < 1.29 is 4.39 Å². The van der Waals surface area contributed by atoms with Crippen LogP contribution in [-0.4, -0.2) is 43.0 Å². The molecule has 1 aromatic rings. The third-order valence-corrected chi connectivity index (χ3v) is 5.75. The average molecular weight is 331 g/mol. The molecular formula is C20H30FN3. The molecule has 0 atom stereocenters. The Kier molecular flexibility index (Phi) is 5.44. The molecule has 1 saturated heterocycles. The molecule has 2 fully saturated rings. The van der Waals surface area contributed by atoms with Crippen LogP contribution in [0.4, 0.5) is 10.1 Å². The van der Waals surface area contributed by atoms with Crippen molar-refractivity contribution in [2.75, 3.05) is 38.5 Å². The molecule has 1 aliphatic heterocycles. The van der Waals surface area contributed by atoms with E-state index in [9.17, 15) is 4.39 Å². The summed E-state index contributed by atoms with van der Waals surface area (Å²) in [6, 6.07) is 3.25. The molecule has 0 radical (unpaired) electrons. The molecular weight excluding hydrogens is 301 g/mol. The summed E-state index contributed by atoms with van der Waals surface area (Å²) in [5, 5.41) is 3.09.